The number of methoxy groups -OCH3 is 1. The number of ether oxygens (including phenoxy) is 1. The number of hydrogen-bond acceptors (Lipinski definition) is 4. The zero-order chi connectivity index (χ0) is 12.7. The Hall–Kier alpha value is -1.11. The molecule has 96 valence electrons. The van der Waals surface area contributed by atoms with Gasteiger partial charge >= 0.3 is 0 Å². The van der Waals surface area contributed by atoms with Crippen LogP contribution in [-0.4, -0.2) is 27.9 Å². The van der Waals surface area contributed by atoms with Gasteiger partial charge in [-0.15, -0.1) is 0 Å². The largest absolute Gasteiger partial charge is 0.385 e. The standard InChI is InChI=1S/C11H18N2O3S/c1-16-7-2-8-17(14,15)13-11-5-3-10(9-12)4-6-11/h3-6,13H,2,7-9,12H2,1H3. The third kappa shape index (κ3) is 5.16. The van der Waals surface area contributed by atoms with Gasteiger partial charge in [0, 0.05) is 25.9 Å². The molecule has 5 nitrogen and oxygen atoms in total. The maximum atomic E-state index is 11.6. The summed E-state index contributed by atoms with van der Waals surface area (Å²) in [5.74, 6) is 0.0550. The van der Waals surface area contributed by atoms with Crippen molar-refractivity contribution in [3.05, 3.63) is 29.8 Å². The molecule has 0 aliphatic rings. The van der Waals surface area contributed by atoms with Crippen LogP contribution in [0.3, 0.4) is 0 Å². The molecule has 0 heterocycles. The molecule has 0 spiro atoms. The molecular formula is C11H18N2O3S. The van der Waals surface area contributed by atoms with Crippen LogP contribution in [0.5, 0.6) is 0 Å². The van der Waals surface area contributed by atoms with Crippen LogP contribution >= 0.6 is 0 Å². The van der Waals surface area contributed by atoms with Crippen LogP contribution in [0.15, 0.2) is 24.3 Å². The SMILES string of the molecule is COCCCS(=O)(=O)Nc1ccc(CN)cc1. The Morgan fingerprint density at radius 1 is 1.29 bits per heavy atom. The second kappa shape index (κ2) is 6.58. The fourth-order valence-electron chi connectivity index (χ4n) is 1.33. The summed E-state index contributed by atoms with van der Waals surface area (Å²) >= 11 is 0. The molecule has 0 amide bonds. The summed E-state index contributed by atoms with van der Waals surface area (Å²) < 4.78 is 30.6. The molecule has 1 aromatic rings. The number of rotatable bonds is 7. The smallest absolute Gasteiger partial charge is 0.232 e. The predicted octanol–water partition coefficient (Wildman–Crippen LogP) is 0.924. The number of anilines is 1. The van der Waals surface area contributed by atoms with Crippen LogP contribution in [0.25, 0.3) is 0 Å². The monoisotopic (exact) mass is 258 g/mol. The second-order valence-electron chi connectivity index (χ2n) is 3.67. The molecule has 1 aromatic carbocycles. The van der Waals surface area contributed by atoms with E-state index in [9.17, 15) is 8.42 Å². The van der Waals surface area contributed by atoms with Crippen molar-refractivity contribution in [3.8, 4) is 0 Å². The minimum absolute atomic E-state index is 0.0550. The quantitative estimate of drug-likeness (QED) is 0.713. The molecule has 0 atom stereocenters. The topological polar surface area (TPSA) is 81.4 Å². The predicted molar refractivity (Wildman–Crippen MR) is 68.2 cm³/mol. The number of hydrogen-bond donors (Lipinski definition) is 2. The molecular weight excluding hydrogens is 240 g/mol. The molecule has 0 aliphatic carbocycles. The highest BCUT2D eigenvalue weighted by Crippen LogP contribution is 2.11. The van der Waals surface area contributed by atoms with E-state index in [-0.39, 0.29) is 5.75 Å². The Balaban J connectivity index is 2.56. The van der Waals surface area contributed by atoms with Gasteiger partial charge in [-0.25, -0.2) is 8.42 Å². The van der Waals surface area contributed by atoms with E-state index in [2.05, 4.69) is 4.72 Å². The minimum Gasteiger partial charge on any atom is -0.385 e. The normalized spacial score (nSPS) is 11.4. The summed E-state index contributed by atoms with van der Waals surface area (Å²) in [4.78, 5) is 0. The highest BCUT2D eigenvalue weighted by atomic mass is 32.2. The van der Waals surface area contributed by atoms with Gasteiger partial charge in [-0.3, -0.25) is 4.72 Å². The summed E-state index contributed by atoms with van der Waals surface area (Å²) in [6.45, 7) is 0.883. The molecule has 0 aliphatic heterocycles. The van der Waals surface area contributed by atoms with Crippen LogP contribution in [0, 0.1) is 0 Å². The zero-order valence-electron chi connectivity index (χ0n) is 9.85. The third-order valence-electron chi connectivity index (χ3n) is 2.22. The summed E-state index contributed by atoms with van der Waals surface area (Å²) in [7, 11) is -1.74. The lowest BCUT2D eigenvalue weighted by molar-refractivity contribution is 0.199. The second-order valence-corrected chi connectivity index (χ2v) is 5.51. The summed E-state index contributed by atoms with van der Waals surface area (Å²) in [5, 5.41) is 0. The van der Waals surface area contributed by atoms with Crippen LogP contribution in [0.2, 0.25) is 0 Å². The number of nitrogens with two attached hydrogens (primary N) is 1. The van der Waals surface area contributed by atoms with E-state index in [1.807, 2.05) is 0 Å². The molecule has 0 unspecified atom stereocenters. The maximum Gasteiger partial charge on any atom is 0.232 e. The molecule has 0 saturated carbocycles. The lowest BCUT2D eigenvalue weighted by atomic mass is 10.2. The molecule has 17 heavy (non-hydrogen) atoms. The zero-order valence-corrected chi connectivity index (χ0v) is 10.7. The fourth-order valence-corrected chi connectivity index (χ4v) is 2.43. The van der Waals surface area contributed by atoms with Crippen LogP contribution in [0.4, 0.5) is 5.69 Å². The van der Waals surface area contributed by atoms with Gasteiger partial charge < -0.3 is 10.5 Å². The van der Waals surface area contributed by atoms with E-state index in [4.69, 9.17) is 10.5 Å². The van der Waals surface area contributed by atoms with Crippen molar-refractivity contribution >= 4 is 15.7 Å². The Labute approximate surface area is 102 Å². The van der Waals surface area contributed by atoms with Crippen molar-refractivity contribution in [2.24, 2.45) is 5.73 Å². The van der Waals surface area contributed by atoms with E-state index < -0.39 is 10.0 Å². The summed E-state index contributed by atoms with van der Waals surface area (Å²) in [6, 6.07) is 7.01. The number of sulfonamides is 1. The van der Waals surface area contributed by atoms with Crippen LogP contribution in [0.1, 0.15) is 12.0 Å². The van der Waals surface area contributed by atoms with Gasteiger partial charge in [-0.05, 0) is 24.1 Å². The van der Waals surface area contributed by atoms with Crippen molar-refractivity contribution in [1.82, 2.24) is 0 Å². The first kappa shape index (κ1) is 14.0. The average molecular weight is 258 g/mol. The van der Waals surface area contributed by atoms with E-state index >= 15 is 0 Å². The van der Waals surface area contributed by atoms with Crippen molar-refractivity contribution < 1.29 is 13.2 Å². The summed E-state index contributed by atoms with van der Waals surface area (Å²) in [5.41, 5.74) is 6.98. The maximum absolute atomic E-state index is 11.6. The Bertz CT molecular complexity index is 429. The Morgan fingerprint density at radius 2 is 1.94 bits per heavy atom. The first-order valence-electron chi connectivity index (χ1n) is 5.36. The van der Waals surface area contributed by atoms with Crippen LogP contribution in [-0.2, 0) is 21.3 Å². The van der Waals surface area contributed by atoms with Gasteiger partial charge in [-0.2, -0.15) is 0 Å². The molecule has 1 rings (SSSR count). The molecule has 0 bridgehead atoms. The van der Waals surface area contributed by atoms with Crippen LogP contribution < -0.4 is 10.5 Å². The highest BCUT2D eigenvalue weighted by molar-refractivity contribution is 7.92. The van der Waals surface area contributed by atoms with Crippen molar-refractivity contribution in [1.29, 1.82) is 0 Å². The molecule has 0 aromatic heterocycles. The van der Waals surface area contributed by atoms with Gasteiger partial charge in [0.15, 0.2) is 0 Å². The number of nitrogens with one attached hydrogen (secondary N) is 1. The first-order chi connectivity index (χ1) is 8.07. The van der Waals surface area contributed by atoms with E-state index in [1.165, 1.54) is 0 Å². The Morgan fingerprint density at radius 3 is 2.47 bits per heavy atom. The lowest BCUT2D eigenvalue weighted by Gasteiger charge is -2.08. The van der Waals surface area contributed by atoms with E-state index in [0.29, 0.717) is 25.3 Å². The third-order valence-corrected chi connectivity index (χ3v) is 3.60. The average Bonchev–Trinajstić information content (AvgIpc) is 2.30. The van der Waals surface area contributed by atoms with Crippen molar-refractivity contribution in [2.45, 2.75) is 13.0 Å². The van der Waals surface area contributed by atoms with Gasteiger partial charge in [0.2, 0.25) is 10.0 Å². The minimum atomic E-state index is -3.29. The molecule has 6 heteroatoms. The molecule has 0 saturated heterocycles. The lowest BCUT2D eigenvalue weighted by Crippen LogP contribution is -2.17. The van der Waals surface area contributed by atoms with Gasteiger partial charge in [0.1, 0.15) is 0 Å². The number of benzene rings is 1. The van der Waals surface area contributed by atoms with Gasteiger partial charge in [0.25, 0.3) is 0 Å². The molecule has 0 fully saturated rings. The molecule has 0 radical (unpaired) electrons. The van der Waals surface area contributed by atoms with E-state index in [1.54, 1.807) is 31.4 Å². The molecule has 3 N–H and O–H groups in total. The first-order valence-corrected chi connectivity index (χ1v) is 7.01. The van der Waals surface area contributed by atoms with Crippen molar-refractivity contribution in [2.75, 3.05) is 24.2 Å². The highest BCUT2D eigenvalue weighted by Gasteiger charge is 2.09. The van der Waals surface area contributed by atoms with Gasteiger partial charge in [0.05, 0.1) is 5.75 Å². The fraction of sp³-hybridized carbons (Fsp3) is 0.455. The Kier molecular flexibility index (Phi) is 5.40. The van der Waals surface area contributed by atoms with Gasteiger partial charge in [-0.1, -0.05) is 12.1 Å². The van der Waals surface area contributed by atoms with E-state index in [0.717, 1.165) is 5.56 Å². The van der Waals surface area contributed by atoms with Crippen molar-refractivity contribution in [3.63, 3.8) is 0 Å². The summed E-state index contributed by atoms with van der Waals surface area (Å²) in [6.07, 6.45) is 0.479.